The molecule has 0 aromatic heterocycles. The van der Waals surface area contributed by atoms with Crippen LogP contribution in [0.1, 0.15) is 39.5 Å². The van der Waals surface area contributed by atoms with Gasteiger partial charge in [-0.2, -0.15) is 0 Å². The number of hydrogen-bond donors (Lipinski definition) is 1. The van der Waals surface area contributed by atoms with E-state index in [1.54, 1.807) is 4.90 Å². The molecule has 0 aromatic rings. The molecule has 2 atom stereocenters. The normalized spacial score (nSPS) is 35.8. The highest BCUT2D eigenvalue weighted by Crippen LogP contribution is 2.39. The molecule has 1 N–H and O–H groups in total. The molecule has 3 aliphatic rings. The molecule has 3 fully saturated rings. The lowest BCUT2D eigenvalue weighted by molar-refractivity contribution is 0.0189. The third-order valence-electron chi connectivity index (χ3n) is 5.46. The van der Waals surface area contributed by atoms with Gasteiger partial charge < -0.3 is 10.0 Å². The first-order chi connectivity index (χ1) is 9.56. The van der Waals surface area contributed by atoms with Gasteiger partial charge in [0, 0.05) is 50.3 Å². The Morgan fingerprint density at radius 1 is 1.00 bits per heavy atom. The lowest BCUT2D eigenvalue weighted by Crippen LogP contribution is -2.57. The van der Waals surface area contributed by atoms with Crippen LogP contribution in [0.2, 0.25) is 0 Å². The lowest BCUT2D eigenvalue weighted by Gasteiger charge is -2.46. The summed E-state index contributed by atoms with van der Waals surface area (Å²) in [5.74, 6) is 0. The van der Waals surface area contributed by atoms with Gasteiger partial charge in [0.1, 0.15) is 0 Å². The monoisotopic (exact) mass is 281 g/mol. The van der Waals surface area contributed by atoms with Gasteiger partial charge in [0.05, 0.1) is 0 Å². The van der Waals surface area contributed by atoms with E-state index < -0.39 is 6.09 Å². The van der Waals surface area contributed by atoms with Crippen LogP contribution in [0.5, 0.6) is 0 Å². The molecule has 5 nitrogen and oxygen atoms in total. The Balaban J connectivity index is 1.57. The van der Waals surface area contributed by atoms with E-state index in [2.05, 4.69) is 23.6 Å². The van der Waals surface area contributed by atoms with Crippen molar-refractivity contribution in [2.45, 2.75) is 63.7 Å². The number of piperazine rings is 1. The number of hydrogen-bond acceptors (Lipinski definition) is 3. The quantitative estimate of drug-likeness (QED) is 0.836. The first-order valence-corrected chi connectivity index (χ1v) is 8.05. The van der Waals surface area contributed by atoms with E-state index in [1.165, 1.54) is 25.7 Å². The van der Waals surface area contributed by atoms with Gasteiger partial charge in [-0.3, -0.25) is 9.80 Å². The highest BCUT2D eigenvalue weighted by molar-refractivity contribution is 5.65. The number of rotatable bonds is 2. The van der Waals surface area contributed by atoms with Crippen LogP contribution in [0.15, 0.2) is 0 Å². The number of fused-ring (bicyclic) bond motifs is 2. The van der Waals surface area contributed by atoms with E-state index in [0.717, 1.165) is 25.2 Å². The Kier molecular flexibility index (Phi) is 3.91. The van der Waals surface area contributed by atoms with E-state index >= 15 is 0 Å². The van der Waals surface area contributed by atoms with Crippen LogP contribution in [0, 0.1) is 0 Å². The Hall–Kier alpha value is -0.810. The van der Waals surface area contributed by atoms with Crippen molar-refractivity contribution in [2.24, 2.45) is 0 Å². The number of nitrogens with zero attached hydrogens (tertiary/aromatic N) is 3. The second-order valence-corrected chi connectivity index (χ2v) is 6.86. The second kappa shape index (κ2) is 5.53. The van der Waals surface area contributed by atoms with Gasteiger partial charge in [0.2, 0.25) is 0 Å². The molecule has 0 aliphatic carbocycles. The zero-order chi connectivity index (χ0) is 14.3. The van der Waals surface area contributed by atoms with Gasteiger partial charge in [0.15, 0.2) is 0 Å². The fourth-order valence-electron chi connectivity index (χ4n) is 4.60. The highest BCUT2D eigenvalue weighted by atomic mass is 16.4. The Morgan fingerprint density at radius 2 is 1.55 bits per heavy atom. The minimum atomic E-state index is -0.764. The third kappa shape index (κ3) is 2.53. The molecule has 3 saturated heterocycles. The summed E-state index contributed by atoms with van der Waals surface area (Å²) in [5.41, 5.74) is 0. The Morgan fingerprint density at radius 3 is 2.00 bits per heavy atom. The standard InChI is InChI=1S/C15H27N3O2/c1-11(2)18-12-3-4-13(18)10-14(9-12)16-5-7-17(8-6-16)15(19)20/h11-14H,3-10H2,1-2H3,(H,19,20). The van der Waals surface area contributed by atoms with Gasteiger partial charge >= 0.3 is 6.09 Å². The summed E-state index contributed by atoms with van der Waals surface area (Å²) in [6, 6.07) is 2.86. The van der Waals surface area contributed by atoms with E-state index in [4.69, 9.17) is 5.11 Å². The van der Waals surface area contributed by atoms with Gasteiger partial charge in [-0.25, -0.2) is 4.79 Å². The largest absolute Gasteiger partial charge is 0.465 e. The maximum atomic E-state index is 11.0. The van der Waals surface area contributed by atoms with Crippen molar-refractivity contribution in [3.05, 3.63) is 0 Å². The Labute approximate surface area is 121 Å². The van der Waals surface area contributed by atoms with Crippen molar-refractivity contribution in [1.82, 2.24) is 14.7 Å². The smallest absolute Gasteiger partial charge is 0.407 e. The molecule has 2 bridgehead atoms. The molecule has 3 heterocycles. The SMILES string of the molecule is CC(C)N1C2CCC1CC(N1CCN(C(=O)O)CC1)C2. The van der Waals surface area contributed by atoms with E-state index in [-0.39, 0.29) is 0 Å². The van der Waals surface area contributed by atoms with E-state index in [1.807, 2.05) is 0 Å². The van der Waals surface area contributed by atoms with Gasteiger partial charge in [-0.1, -0.05) is 0 Å². The first kappa shape index (κ1) is 14.1. The van der Waals surface area contributed by atoms with Crippen LogP contribution < -0.4 is 0 Å². The molecular weight excluding hydrogens is 254 g/mol. The minimum Gasteiger partial charge on any atom is -0.465 e. The predicted molar refractivity (Wildman–Crippen MR) is 78.0 cm³/mol. The van der Waals surface area contributed by atoms with Crippen molar-refractivity contribution in [2.75, 3.05) is 26.2 Å². The molecule has 2 unspecified atom stereocenters. The minimum absolute atomic E-state index is 0.664. The lowest BCUT2D eigenvalue weighted by atomic mass is 9.94. The summed E-state index contributed by atoms with van der Waals surface area (Å²) in [7, 11) is 0. The molecular formula is C15H27N3O2. The summed E-state index contributed by atoms with van der Waals surface area (Å²) in [6.07, 6.45) is 4.51. The van der Waals surface area contributed by atoms with Gasteiger partial charge in [-0.15, -0.1) is 0 Å². The summed E-state index contributed by atoms with van der Waals surface area (Å²) in [6.45, 7) is 7.81. The summed E-state index contributed by atoms with van der Waals surface area (Å²) in [4.78, 5) is 17.8. The number of piperidine rings is 1. The molecule has 1 amide bonds. The van der Waals surface area contributed by atoms with Crippen molar-refractivity contribution in [3.63, 3.8) is 0 Å². The van der Waals surface area contributed by atoms with Gasteiger partial charge in [-0.05, 0) is 39.5 Å². The van der Waals surface area contributed by atoms with Gasteiger partial charge in [0.25, 0.3) is 0 Å². The third-order valence-corrected chi connectivity index (χ3v) is 5.46. The van der Waals surface area contributed by atoms with Crippen LogP contribution in [0.25, 0.3) is 0 Å². The maximum absolute atomic E-state index is 11.0. The molecule has 0 radical (unpaired) electrons. The second-order valence-electron chi connectivity index (χ2n) is 6.86. The molecule has 3 aliphatic heterocycles. The predicted octanol–water partition coefficient (Wildman–Crippen LogP) is 1.69. The van der Waals surface area contributed by atoms with Crippen molar-refractivity contribution >= 4 is 6.09 Å². The zero-order valence-electron chi connectivity index (χ0n) is 12.7. The van der Waals surface area contributed by atoms with Crippen LogP contribution >= 0.6 is 0 Å². The zero-order valence-corrected chi connectivity index (χ0v) is 12.7. The van der Waals surface area contributed by atoms with Crippen LogP contribution in [0.3, 0.4) is 0 Å². The fraction of sp³-hybridized carbons (Fsp3) is 0.933. The fourth-order valence-corrected chi connectivity index (χ4v) is 4.60. The summed E-state index contributed by atoms with van der Waals surface area (Å²) in [5, 5.41) is 9.03. The van der Waals surface area contributed by atoms with E-state index in [0.29, 0.717) is 25.2 Å². The average molecular weight is 281 g/mol. The van der Waals surface area contributed by atoms with Crippen molar-refractivity contribution < 1.29 is 9.90 Å². The molecule has 5 heteroatoms. The van der Waals surface area contributed by atoms with Crippen molar-refractivity contribution in [1.29, 1.82) is 0 Å². The highest BCUT2D eigenvalue weighted by Gasteiger charge is 2.43. The van der Waals surface area contributed by atoms with Crippen LogP contribution in [0.4, 0.5) is 4.79 Å². The molecule has 0 spiro atoms. The van der Waals surface area contributed by atoms with Crippen molar-refractivity contribution in [3.8, 4) is 0 Å². The molecule has 114 valence electrons. The molecule has 0 aromatic carbocycles. The molecule has 3 rings (SSSR count). The average Bonchev–Trinajstić information content (AvgIpc) is 2.70. The first-order valence-electron chi connectivity index (χ1n) is 8.05. The topological polar surface area (TPSA) is 47.0 Å². The number of carboxylic acid groups (broad SMARTS) is 1. The Bertz CT molecular complexity index is 352. The molecule has 0 saturated carbocycles. The summed E-state index contributed by atoms with van der Waals surface area (Å²) >= 11 is 0. The van der Waals surface area contributed by atoms with Crippen LogP contribution in [-0.4, -0.2) is 76.2 Å². The molecule has 20 heavy (non-hydrogen) atoms. The number of carbonyl (C=O) groups is 1. The summed E-state index contributed by atoms with van der Waals surface area (Å²) < 4.78 is 0. The van der Waals surface area contributed by atoms with E-state index in [9.17, 15) is 4.79 Å². The maximum Gasteiger partial charge on any atom is 0.407 e. The van der Waals surface area contributed by atoms with Crippen LogP contribution in [-0.2, 0) is 0 Å². The number of amides is 1.